The lowest BCUT2D eigenvalue weighted by Gasteiger charge is -2.41. The van der Waals surface area contributed by atoms with Crippen LogP contribution in [-0.4, -0.2) is 64.9 Å². The van der Waals surface area contributed by atoms with Crippen LogP contribution in [0.15, 0.2) is 24.3 Å². The van der Waals surface area contributed by atoms with Crippen LogP contribution >= 0.6 is 0 Å². The van der Waals surface area contributed by atoms with Gasteiger partial charge >= 0.3 is 0 Å². The highest BCUT2D eigenvalue weighted by molar-refractivity contribution is 7.92. The number of nitrogens with one attached hydrogen (secondary N) is 2. The Bertz CT molecular complexity index is 723. The summed E-state index contributed by atoms with van der Waals surface area (Å²) in [7, 11) is -3.30. The molecule has 1 aliphatic carbocycles. The van der Waals surface area contributed by atoms with Crippen LogP contribution in [0.2, 0.25) is 0 Å². The molecule has 0 radical (unpaired) electrons. The highest BCUT2D eigenvalue weighted by Crippen LogP contribution is 2.44. The van der Waals surface area contributed by atoms with Crippen molar-refractivity contribution in [3.8, 4) is 0 Å². The van der Waals surface area contributed by atoms with Crippen molar-refractivity contribution in [1.29, 1.82) is 0 Å². The fourth-order valence-corrected chi connectivity index (χ4v) is 4.13. The molecular formula is C18H27N3O4S. The number of sulfonamides is 1. The SMILES string of the molecule is CS(=O)(=O)Nc1ccc(C2(C(=O)NCCN3CCOCC3)CCC2)cc1. The van der Waals surface area contributed by atoms with Gasteiger partial charge < -0.3 is 10.1 Å². The summed E-state index contributed by atoms with van der Waals surface area (Å²) in [6.07, 6.45) is 3.81. The summed E-state index contributed by atoms with van der Waals surface area (Å²) in [5.41, 5.74) is 0.986. The first-order chi connectivity index (χ1) is 12.4. The minimum Gasteiger partial charge on any atom is -0.379 e. The van der Waals surface area contributed by atoms with E-state index in [1.165, 1.54) is 0 Å². The third-order valence-corrected chi connectivity index (χ3v) is 5.81. The lowest BCUT2D eigenvalue weighted by atomic mass is 9.64. The highest BCUT2D eigenvalue weighted by Gasteiger charge is 2.45. The molecule has 0 spiro atoms. The summed E-state index contributed by atoms with van der Waals surface area (Å²) in [5.74, 6) is 0.0702. The number of morpholine rings is 1. The molecule has 1 aliphatic heterocycles. The smallest absolute Gasteiger partial charge is 0.230 e. The van der Waals surface area contributed by atoms with E-state index in [1.54, 1.807) is 12.1 Å². The Morgan fingerprint density at radius 3 is 2.38 bits per heavy atom. The Morgan fingerprint density at radius 1 is 1.19 bits per heavy atom. The topological polar surface area (TPSA) is 87.7 Å². The van der Waals surface area contributed by atoms with Gasteiger partial charge in [0.15, 0.2) is 0 Å². The van der Waals surface area contributed by atoms with Gasteiger partial charge in [-0.2, -0.15) is 0 Å². The predicted octanol–water partition coefficient (Wildman–Crippen LogP) is 0.928. The number of hydrogen-bond donors (Lipinski definition) is 2. The maximum atomic E-state index is 12.8. The van der Waals surface area contributed by atoms with Crippen molar-refractivity contribution in [3.05, 3.63) is 29.8 Å². The Kier molecular flexibility index (Phi) is 5.84. The zero-order valence-corrected chi connectivity index (χ0v) is 16.0. The van der Waals surface area contributed by atoms with Gasteiger partial charge in [-0.25, -0.2) is 8.42 Å². The average molecular weight is 381 g/mol. The standard InChI is InChI=1S/C18H27N3O4S/c1-26(23,24)20-16-5-3-15(4-6-16)18(7-2-8-18)17(22)19-9-10-21-11-13-25-14-12-21/h3-6,20H,2,7-14H2,1H3,(H,19,22). The molecule has 0 unspecified atom stereocenters. The molecule has 1 saturated carbocycles. The minimum absolute atomic E-state index is 0.0702. The second kappa shape index (κ2) is 7.94. The first kappa shape index (κ1) is 19.1. The molecule has 0 bridgehead atoms. The normalized spacial score (nSPS) is 20.2. The monoisotopic (exact) mass is 381 g/mol. The van der Waals surface area contributed by atoms with Gasteiger partial charge in [-0.05, 0) is 30.5 Å². The number of nitrogens with zero attached hydrogens (tertiary/aromatic N) is 1. The summed E-state index contributed by atoms with van der Waals surface area (Å²) in [4.78, 5) is 15.1. The molecule has 3 rings (SSSR count). The van der Waals surface area contributed by atoms with Crippen molar-refractivity contribution in [3.63, 3.8) is 0 Å². The zero-order valence-electron chi connectivity index (χ0n) is 15.2. The number of carbonyl (C=O) groups excluding carboxylic acids is 1. The Morgan fingerprint density at radius 2 is 1.85 bits per heavy atom. The molecule has 1 saturated heterocycles. The molecule has 8 heteroatoms. The molecule has 2 N–H and O–H groups in total. The summed E-state index contributed by atoms with van der Waals surface area (Å²) >= 11 is 0. The molecule has 2 fully saturated rings. The maximum absolute atomic E-state index is 12.8. The fraction of sp³-hybridized carbons (Fsp3) is 0.611. The molecule has 7 nitrogen and oxygen atoms in total. The van der Waals surface area contributed by atoms with Crippen molar-refractivity contribution in [1.82, 2.24) is 10.2 Å². The van der Waals surface area contributed by atoms with E-state index in [0.29, 0.717) is 12.2 Å². The third-order valence-electron chi connectivity index (χ3n) is 5.20. The predicted molar refractivity (Wildman–Crippen MR) is 101 cm³/mol. The lowest BCUT2D eigenvalue weighted by Crippen LogP contribution is -2.51. The number of hydrogen-bond acceptors (Lipinski definition) is 5. The Labute approximate surface area is 155 Å². The van der Waals surface area contributed by atoms with Crippen LogP contribution in [0.4, 0.5) is 5.69 Å². The van der Waals surface area contributed by atoms with E-state index in [0.717, 1.165) is 63.9 Å². The van der Waals surface area contributed by atoms with Crippen LogP contribution < -0.4 is 10.0 Å². The molecule has 144 valence electrons. The molecule has 1 aromatic rings. The van der Waals surface area contributed by atoms with Crippen LogP contribution in [0.25, 0.3) is 0 Å². The summed E-state index contributed by atoms with van der Waals surface area (Å²) in [6.45, 7) is 4.81. The molecular weight excluding hydrogens is 354 g/mol. The number of ether oxygens (including phenoxy) is 1. The van der Waals surface area contributed by atoms with Crippen molar-refractivity contribution < 1.29 is 17.9 Å². The number of amides is 1. The van der Waals surface area contributed by atoms with E-state index in [9.17, 15) is 13.2 Å². The van der Waals surface area contributed by atoms with Gasteiger partial charge in [0.2, 0.25) is 15.9 Å². The second-order valence-electron chi connectivity index (χ2n) is 7.10. The van der Waals surface area contributed by atoms with Crippen LogP contribution in [-0.2, 0) is 25.0 Å². The quantitative estimate of drug-likeness (QED) is 0.734. The van der Waals surface area contributed by atoms with Gasteiger partial charge in [0, 0.05) is 31.9 Å². The van der Waals surface area contributed by atoms with Crippen molar-refractivity contribution in [2.45, 2.75) is 24.7 Å². The average Bonchev–Trinajstić information content (AvgIpc) is 2.55. The van der Waals surface area contributed by atoms with Gasteiger partial charge in [-0.3, -0.25) is 14.4 Å². The molecule has 0 atom stereocenters. The van der Waals surface area contributed by atoms with E-state index < -0.39 is 15.4 Å². The zero-order chi connectivity index (χ0) is 18.6. The number of rotatable bonds is 7. The van der Waals surface area contributed by atoms with Gasteiger partial charge in [0.1, 0.15) is 0 Å². The number of carbonyl (C=O) groups is 1. The van der Waals surface area contributed by atoms with Gasteiger partial charge in [0.05, 0.1) is 24.9 Å². The van der Waals surface area contributed by atoms with E-state index in [2.05, 4.69) is 14.9 Å². The first-order valence-corrected chi connectivity index (χ1v) is 10.9. The van der Waals surface area contributed by atoms with Crippen molar-refractivity contribution >= 4 is 21.6 Å². The minimum atomic E-state index is -3.30. The molecule has 0 aromatic heterocycles. The van der Waals surface area contributed by atoms with E-state index in [-0.39, 0.29) is 5.91 Å². The van der Waals surface area contributed by atoms with Crippen LogP contribution in [0.1, 0.15) is 24.8 Å². The third kappa shape index (κ3) is 4.55. The maximum Gasteiger partial charge on any atom is 0.230 e. The first-order valence-electron chi connectivity index (χ1n) is 9.06. The molecule has 26 heavy (non-hydrogen) atoms. The second-order valence-corrected chi connectivity index (χ2v) is 8.85. The van der Waals surface area contributed by atoms with E-state index >= 15 is 0 Å². The van der Waals surface area contributed by atoms with Gasteiger partial charge in [0.25, 0.3) is 0 Å². The summed E-state index contributed by atoms with van der Waals surface area (Å²) < 4.78 is 30.4. The van der Waals surface area contributed by atoms with E-state index in [4.69, 9.17) is 4.74 Å². The number of benzene rings is 1. The lowest BCUT2D eigenvalue weighted by molar-refractivity contribution is -0.130. The molecule has 2 aliphatic rings. The van der Waals surface area contributed by atoms with Crippen LogP contribution in [0.5, 0.6) is 0 Å². The van der Waals surface area contributed by atoms with Gasteiger partial charge in [-0.1, -0.05) is 18.6 Å². The molecule has 1 heterocycles. The highest BCUT2D eigenvalue weighted by atomic mass is 32.2. The number of anilines is 1. The van der Waals surface area contributed by atoms with Crippen molar-refractivity contribution in [2.75, 3.05) is 50.4 Å². The van der Waals surface area contributed by atoms with Gasteiger partial charge in [-0.15, -0.1) is 0 Å². The van der Waals surface area contributed by atoms with Crippen molar-refractivity contribution in [2.24, 2.45) is 0 Å². The van der Waals surface area contributed by atoms with Crippen LogP contribution in [0, 0.1) is 0 Å². The van der Waals surface area contributed by atoms with Crippen LogP contribution in [0.3, 0.4) is 0 Å². The molecule has 1 amide bonds. The fourth-order valence-electron chi connectivity index (χ4n) is 3.57. The largest absolute Gasteiger partial charge is 0.379 e. The summed E-state index contributed by atoms with van der Waals surface area (Å²) in [5, 5.41) is 3.09. The molecule has 1 aromatic carbocycles. The van der Waals surface area contributed by atoms with E-state index in [1.807, 2.05) is 12.1 Å². The summed E-state index contributed by atoms with van der Waals surface area (Å²) in [6, 6.07) is 7.15. The Hall–Kier alpha value is -1.64. The Balaban J connectivity index is 1.59.